The maximum atomic E-state index is 12.3. The van der Waals surface area contributed by atoms with Gasteiger partial charge in [-0.15, -0.1) is 0 Å². The number of amides is 1. The van der Waals surface area contributed by atoms with Crippen molar-refractivity contribution >= 4 is 11.6 Å². The van der Waals surface area contributed by atoms with Crippen LogP contribution in [0.3, 0.4) is 0 Å². The third-order valence-electron chi connectivity index (χ3n) is 4.22. The molecule has 0 radical (unpaired) electrons. The van der Waals surface area contributed by atoms with Gasteiger partial charge in [0.1, 0.15) is 0 Å². The highest BCUT2D eigenvalue weighted by Crippen LogP contribution is 2.34. The lowest BCUT2D eigenvalue weighted by Gasteiger charge is -2.17. The predicted octanol–water partition coefficient (Wildman–Crippen LogP) is 2.96. The van der Waals surface area contributed by atoms with E-state index in [1.807, 2.05) is 12.1 Å². The van der Waals surface area contributed by atoms with Crippen molar-refractivity contribution in [2.24, 2.45) is 5.92 Å². The highest BCUT2D eigenvalue weighted by molar-refractivity contribution is 5.95. The molecule has 3 nitrogen and oxygen atoms in total. The number of benzene rings is 1. The number of carbonyl (C=O) groups is 1. The molecule has 102 valence electrons. The maximum absolute atomic E-state index is 12.3. The van der Waals surface area contributed by atoms with E-state index >= 15 is 0 Å². The molecule has 1 saturated carbocycles. The van der Waals surface area contributed by atoms with Gasteiger partial charge in [-0.1, -0.05) is 25.8 Å². The van der Waals surface area contributed by atoms with Crippen molar-refractivity contribution < 1.29 is 4.79 Å². The smallest absolute Gasteiger partial charge is 0.251 e. The molecule has 1 amide bonds. The number of rotatable bonds is 5. The van der Waals surface area contributed by atoms with Crippen molar-refractivity contribution in [3.63, 3.8) is 0 Å². The van der Waals surface area contributed by atoms with Gasteiger partial charge in [0, 0.05) is 23.8 Å². The summed E-state index contributed by atoms with van der Waals surface area (Å²) in [6.45, 7) is 3.14. The second kappa shape index (κ2) is 5.24. The quantitative estimate of drug-likeness (QED) is 0.852. The van der Waals surface area contributed by atoms with E-state index in [1.54, 1.807) is 0 Å². The van der Waals surface area contributed by atoms with Crippen molar-refractivity contribution in [1.82, 2.24) is 5.32 Å². The van der Waals surface area contributed by atoms with E-state index in [4.69, 9.17) is 0 Å². The van der Waals surface area contributed by atoms with Gasteiger partial charge in [-0.25, -0.2) is 0 Å². The zero-order valence-corrected chi connectivity index (χ0v) is 11.5. The normalized spacial score (nSPS) is 18.6. The number of carbonyl (C=O) groups excluding carboxylic acids is 1. The lowest BCUT2D eigenvalue weighted by atomic mass is 10.1. The van der Waals surface area contributed by atoms with Crippen molar-refractivity contribution in [1.29, 1.82) is 0 Å². The fourth-order valence-electron chi connectivity index (χ4n) is 2.78. The molecule has 0 spiro atoms. The van der Waals surface area contributed by atoms with Crippen molar-refractivity contribution in [3.8, 4) is 0 Å². The second-order valence-corrected chi connectivity index (χ2v) is 5.81. The Kier molecular flexibility index (Phi) is 3.45. The molecule has 1 atom stereocenters. The first-order valence-electron chi connectivity index (χ1n) is 7.44. The molecule has 0 aromatic heterocycles. The molecule has 1 aromatic rings. The molecule has 0 bridgehead atoms. The van der Waals surface area contributed by atoms with Crippen LogP contribution in [-0.2, 0) is 6.42 Å². The highest BCUT2D eigenvalue weighted by atomic mass is 16.1. The van der Waals surface area contributed by atoms with Crippen LogP contribution in [0.2, 0.25) is 0 Å². The molecule has 1 fully saturated rings. The van der Waals surface area contributed by atoms with E-state index in [-0.39, 0.29) is 5.91 Å². The molecule has 1 aliphatic carbocycles. The lowest BCUT2D eigenvalue weighted by molar-refractivity contribution is 0.0932. The Balaban J connectivity index is 1.65. The van der Waals surface area contributed by atoms with E-state index in [1.165, 1.54) is 18.4 Å². The fraction of sp³-hybridized carbons (Fsp3) is 0.562. The average Bonchev–Trinajstić information content (AvgIpc) is 3.11. The summed E-state index contributed by atoms with van der Waals surface area (Å²) in [5, 5.41) is 6.50. The molecule has 0 saturated heterocycles. The number of anilines is 1. The topological polar surface area (TPSA) is 41.1 Å². The zero-order valence-electron chi connectivity index (χ0n) is 11.5. The first-order valence-corrected chi connectivity index (χ1v) is 7.44. The van der Waals surface area contributed by atoms with Gasteiger partial charge in [0.2, 0.25) is 0 Å². The summed E-state index contributed by atoms with van der Waals surface area (Å²) in [5.74, 6) is 0.927. The van der Waals surface area contributed by atoms with E-state index in [9.17, 15) is 4.79 Å². The molecule has 3 heteroatoms. The van der Waals surface area contributed by atoms with Crippen LogP contribution in [0, 0.1) is 5.92 Å². The number of nitrogens with one attached hydrogen (secondary N) is 2. The lowest BCUT2D eigenvalue weighted by Crippen LogP contribution is -2.34. The average molecular weight is 258 g/mol. The predicted molar refractivity (Wildman–Crippen MR) is 77.5 cm³/mol. The van der Waals surface area contributed by atoms with E-state index in [0.29, 0.717) is 6.04 Å². The van der Waals surface area contributed by atoms with Gasteiger partial charge >= 0.3 is 0 Å². The summed E-state index contributed by atoms with van der Waals surface area (Å²) < 4.78 is 0. The minimum absolute atomic E-state index is 0.0731. The Bertz CT molecular complexity index is 480. The molecule has 1 heterocycles. The first kappa shape index (κ1) is 12.5. The summed E-state index contributed by atoms with van der Waals surface area (Å²) >= 11 is 0. The summed E-state index contributed by atoms with van der Waals surface area (Å²) in [6, 6.07) is 6.35. The Morgan fingerprint density at radius 1 is 1.47 bits per heavy atom. The number of hydrogen-bond donors (Lipinski definition) is 2. The third kappa shape index (κ3) is 2.91. The Hall–Kier alpha value is -1.51. The molecule has 2 aliphatic rings. The number of hydrogen-bond acceptors (Lipinski definition) is 2. The van der Waals surface area contributed by atoms with Crippen LogP contribution in [0.1, 0.15) is 48.5 Å². The minimum Gasteiger partial charge on any atom is -0.384 e. The number of fused-ring (bicyclic) bond motifs is 1. The van der Waals surface area contributed by atoms with E-state index < -0.39 is 0 Å². The van der Waals surface area contributed by atoms with Gasteiger partial charge in [0.25, 0.3) is 5.91 Å². The molecule has 2 N–H and O–H groups in total. The van der Waals surface area contributed by atoms with Crippen molar-refractivity contribution in [2.45, 2.75) is 45.1 Å². The van der Waals surface area contributed by atoms with E-state index in [0.717, 1.165) is 43.0 Å². The van der Waals surface area contributed by atoms with Crippen LogP contribution in [-0.4, -0.2) is 18.5 Å². The molecule has 3 rings (SSSR count). The summed E-state index contributed by atoms with van der Waals surface area (Å²) in [4.78, 5) is 12.3. The molecule has 1 unspecified atom stereocenters. The van der Waals surface area contributed by atoms with Crippen LogP contribution >= 0.6 is 0 Å². The Morgan fingerprint density at radius 2 is 2.32 bits per heavy atom. The highest BCUT2D eigenvalue weighted by Gasteiger charge is 2.25. The van der Waals surface area contributed by atoms with Gasteiger partial charge in [0.05, 0.1) is 0 Å². The van der Waals surface area contributed by atoms with Gasteiger partial charge in [-0.2, -0.15) is 0 Å². The van der Waals surface area contributed by atoms with Crippen molar-refractivity contribution in [2.75, 3.05) is 11.9 Å². The Morgan fingerprint density at radius 3 is 3.05 bits per heavy atom. The van der Waals surface area contributed by atoms with Crippen molar-refractivity contribution in [3.05, 3.63) is 29.3 Å². The monoisotopic (exact) mass is 258 g/mol. The molecular formula is C16H22N2O. The zero-order chi connectivity index (χ0) is 13.2. The fourth-order valence-corrected chi connectivity index (χ4v) is 2.78. The van der Waals surface area contributed by atoms with Gasteiger partial charge in [-0.05, 0) is 42.9 Å². The van der Waals surface area contributed by atoms with Crippen LogP contribution < -0.4 is 10.6 Å². The molecule has 1 aliphatic heterocycles. The van der Waals surface area contributed by atoms with Crippen LogP contribution in [0.15, 0.2) is 18.2 Å². The minimum atomic E-state index is 0.0731. The van der Waals surface area contributed by atoms with Crippen LogP contribution in [0.5, 0.6) is 0 Å². The SMILES string of the molecule is CCC(CC1CC1)NC(=O)c1ccc2c(c1)NCC2. The van der Waals surface area contributed by atoms with Gasteiger partial charge in [-0.3, -0.25) is 4.79 Å². The molecule has 19 heavy (non-hydrogen) atoms. The summed E-state index contributed by atoms with van der Waals surface area (Å²) in [6.07, 6.45) is 5.91. The largest absolute Gasteiger partial charge is 0.384 e. The Labute approximate surface area is 114 Å². The van der Waals surface area contributed by atoms with Gasteiger partial charge in [0.15, 0.2) is 0 Å². The molecule has 1 aromatic carbocycles. The van der Waals surface area contributed by atoms with Crippen LogP contribution in [0.4, 0.5) is 5.69 Å². The third-order valence-corrected chi connectivity index (χ3v) is 4.22. The standard InChI is InChI=1S/C16H22N2O/c1-2-14(9-11-3-4-11)18-16(19)13-6-5-12-7-8-17-15(12)10-13/h5-6,10-11,14,17H,2-4,7-9H2,1H3,(H,18,19). The molecular weight excluding hydrogens is 236 g/mol. The van der Waals surface area contributed by atoms with Gasteiger partial charge < -0.3 is 10.6 Å². The summed E-state index contributed by atoms with van der Waals surface area (Å²) in [7, 11) is 0. The second-order valence-electron chi connectivity index (χ2n) is 5.81. The first-order chi connectivity index (χ1) is 9.26. The van der Waals surface area contributed by atoms with E-state index in [2.05, 4.69) is 23.6 Å². The summed E-state index contributed by atoms with van der Waals surface area (Å²) in [5.41, 5.74) is 3.23. The maximum Gasteiger partial charge on any atom is 0.251 e. The van der Waals surface area contributed by atoms with Crippen LogP contribution in [0.25, 0.3) is 0 Å².